The fourth-order valence-electron chi connectivity index (χ4n) is 5.69. The van der Waals surface area contributed by atoms with Gasteiger partial charge < -0.3 is 20.1 Å². The molecule has 0 radical (unpaired) electrons. The van der Waals surface area contributed by atoms with E-state index in [-0.39, 0.29) is 29.4 Å². The van der Waals surface area contributed by atoms with Crippen LogP contribution in [-0.4, -0.2) is 62.0 Å². The molecule has 4 N–H and O–H groups in total. The third-order valence-electron chi connectivity index (χ3n) is 9.03. The van der Waals surface area contributed by atoms with Crippen molar-refractivity contribution in [3.05, 3.63) is 57.6 Å². The van der Waals surface area contributed by atoms with Gasteiger partial charge in [0.2, 0.25) is 0 Å². The van der Waals surface area contributed by atoms with Crippen LogP contribution in [0.3, 0.4) is 0 Å². The molecular formula is C34H50N2O7S. The number of benzene rings is 1. The zero-order chi connectivity index (χ0) is 32.7. The molecule has 0 bridgehead atoms. The third kappa shape index (κ3) is 10.0. The second kappa shape index (κ2) is 15.7. The number of nitrogens with one attached hydrogen (secondary N) is 1. The Morgan fingerprint density at radius 3 is 2.52 bits per heavy atom. The molecule has 1 saturated heterocycles. The van der Waals surface area contributed by atoms with Gasteiger partial charge in [0.25, 0.3) is 0 Å². The molecule has 10 heteroatoms. The van der Waals surface area contributed by atoms with Crippen molar-refractivity contribution in [2.24, 2.45) is 17.3 Å². The summed E-state index contributed by atoms with van der Waals surface area (Å²) in [6.07, 6.45) is 2.43. The first-order chi connectivity index (χ1) is 20.6. The highest BCUT2D eigenvalue weighted by atomic mass is 32.1. The zero-order valence-electron chi connectivity index (χ0n) is 27.1. The first kappa shape index (κ1) is 36.0. The van der Waals surface area contributed by atoms with Gasteiger partial charge in [0.1, 0.15) is 5.78 Å². The number of Topliss-reactive ketones (excluding diaryl/α,β-unsaturated/α-hetero) is 1. The minimum atomic E-state index is -1.33. The molecule has 0 amide bonds. The number of ketones is 1. The van der Waals surface area contributed by atoms with Crippen molar-refractivity contribution in [2.75, 3.05) is 0 Å². The highest BCUT2D eigenvalue weighted by Crippen LogP contribution is 2.44. The summed E-state index contributed by atoms with van der Waals surface area (Å²) in [4.78, 5) is 34.6. The van der Waals surface area contributed by atoms with Crippen LogP contribution in [0.2, 0.25) is 0 Å². The predicted octanol–water partition coefficient (Wildman–Crippen LogP) is 5.73. The van der Waals surface area contributed by atoms with Crippen molar-refractivity contribution in [1.82, 2.24) is 10.5 Å². The summed E-state index contributed by atoms with van der Waals surface area (Å²) in [6, 6.07) is 9.93. The number of aliphatic carboxylic acids is 1. The van der Waals surface area contributed by atoms with E-state index in [1.807, 2.05) is 49.6 Å². The van der Waals surface area contributed by atoms with Gasteiger partial charge in [-0.2, -0.15) is 5.48 Å². The number of carbonyl (C=O) groups excluding carboxylic acids is 1. The molecule has 244 valence electrons. The molecule has 44 heavy (non-hydrogen) atoms. The molecule has 0 spiro atoms. The van der Waals surface area contributed by atoms with Crippen LogP contribution in [0.25, 0.3) is 6.08 Å². The third-order valence-corrected chi connectivity index (χ3v) is 9.82. The number of hydrogen-bond acceptors (Lipinski definition) is 9. The highest BCUT2D eigenvalue weighted by Gasteiger charge is 2.52. The first-order valence-corrected chi connectivity index (χ1v) is 16.3. The number of nitrogens with zero attached hydrogens (tertiary/aromatic N) is 1. The van der Waals surface area contributed by atoms with Crippen LogP contribution in [0, 0.1) is 24.2 Å². The zero-order valence-corrected chi connectivity index (χ0v) is 27.9. The van der Waals surface area contributed by atoms with Crippen LogP contribution >= 0.6 is 11.3 Å². The molecule has 1 aromatic carbocycles. The van der Waals surface area contributed by atoms with E-state index in [0.29, 0.717) is 13.0 Å². The number of aliphatic hydroxyl groups excluding tert-OH is 2. The highest BCUT2D eigenvalue weighted by molar-refractivity contribution is 7.09. The normalized spacial score (nSPS) is 22.2. The summed E-state index contributed by atoms with van der Waals surface area (Å²) in [6.45, 7) is 13.3. The number of thiazole rings is 1. The second-order valence-corrected chi connectivity index (χ2v) is 14.2. The van der Waals surface area contributed by atoms with Crippen molar-refractivity contribution < 1.29 is 34.5 Å². The molecule has 9 nitrogen and oxygen atoms in total. The average Bonchev–Trinajstić information content (AvgIpc) is 3.42. The minimum Gasteiger partial charge on any atom is -0.481 e. The monoisotopic (exact) mass is 630 g/mol. The Labute approximate surface area is 265 Å². The fourth-order valence-corrected chi connectivity index (χ4v) is 6.26. The SMILES string of the molecule is CC(=Cc1csc(C)n1)C(CC1OC1(C)CCCC(C)C(O)C(C)C(=O)C(C)(C)C(O)CC(=O)O)NOCc1ccccc1. The van der Waals surface area contributed by atoms with Crippen LogP contribution in [-0.2, 0) is 25.8 Å². The lowest BCUT2D eigenvalue weighted by molar-refractivity contribution is -0.147. The summed E-state index contributed by atoms with van der Waals surface area (Å²) >= 11 is 1.62. The molecule has 1 fully saturated rings. The molecule has 0 aliphatic carbocycles. The maximum Gasteiger partial charge on any atom is 0.306 e. The van der Waals surface area contributed by atoms with Gasteiger partial charge >= 0.3 is 5.97 Å². The number of aryl methyl sites for hydroxylation is 1. The number of ether oxygens (including phenoxy) is 1. The molecule has 2 heterocycles. The molecule has 7 atom stereocenters. The molecule has 7 unspecified atom stereocenters. The Hall–Kier alpha value is -2.47. The summed E-state index contributed by atoms with van der Waals surface area (Å²) < 4.78 is 6.21. The number of aliphatic hydroxyl groups is 2. The Bertz CT molecular complexity index is 1260. The van der Waals surface area contributed by atoms with Gasteiger partial charge in [-0.25, -0.2) is 4.98 Å². The van der Waals surface area contributed by atoms with E-state index >= 15 is 0 Å². The number of aromatic nitrogens is 1. The van der Waals surface area contributed by atoms with Crippen LogP contribution in [0.1, 0.15) is 89.9 Å². The van der Waals surface area contributed by atoms with Gasteiger partial charge in [-0.3, -0.25) is 14.4 Å². The number of rotatable bonds is 19. The molecule has 2 aromatic rings. The lowest BCUT2D eigenvalue weighted by atomic mass is 9.73. The number of hydrogen-bond donors (Lipinski definition) is 4. The van der Waals surface area contributed by atoms with Gasteiger partial charge in [0.15, 0.2) is 0 Å². The van der Waals surface area contributed by atoms with E-state index in [2.05, 4.69) is 30.4 Å². The Kier molecular flexibility index (Phi) is 12.8. The number of carbonyl (C=O) groups is 2. The van der Waals surface area contributed by atoms with E-state index in [0.717, 1.165) is 41.1 Å². The van der Waals surface area contributed by atoms with Crippen LogP contribution in [0.4, 0.5) is 0 Å². The van der Waals surface area contributed by atoms with Gasteiger partial charge in [0, 0.05) is 11.3 Å². The maximum absolute atomic E-state index is 13.1. The minimum absolute atomic E-state index is 0.0399. The summed E-state index contributed by atoms with van der Waals surface area (Å²) in [7, 11) is 0. The molecule has 3 rings (SSSR count). The van der Waals surface area contributed by atoms with Crippen LogP contribution in [0.15, 0.2) is 41.3 Å². The summed E-state index contributed by atoms with van der Waals surface area (Å²) in [5, 5.41) is 33.4. The van der Waals surface area contributed by atoms with Crippen molar-refractivity contribution >= 4 is 29.2 Å². The van der Waals surface area contributed by atoms with Gasteiger partial charge in [-0.1, -0.05) is 70.0 Å². The largest absolute Gasteiger partial charge is 0.481 e. The molecule has 1 aliphatic heterocycles. The topological polar surface area (TPSA) is 142 Å². The molecule has 0 saturated carbocycles. The summed E-state index contributed by atoms with van der Waals surface area (Å²) in [5.74, 6) is -2.40. The maximum atomic E-state index is 13.1. The van der Waals surface area contributed by atoms with Crippen molar-refractivity contribution in [2.45, 2.75) is 117 Å². The number of hydroxylamine groups is 1. The van der Waals surface area contributed by atoms with E-state index in [1.54, 1.807) is 18.3 Å². The quantitative estimate of drug-likeness (QED) is 0.113. The smallest absolute Gasteiger partial charge is 0.306 e. The number of carboxylic acids is 1. The molecular weight excluding hydrogens is 580 g/mol. The standard InChI is InChI=1S/C34H50N2O7S/c1-21(31(40)23(3)32(41)33(5,6)28(37)18-30(38)39)12-11-15-34(7)29(43-34)17-27(22(2)16-26-20-44-24(4)35-26)36-42-19-25-13-9-8-10-14-25/h8-10,13-14,16,20-21,23,27-29,31,36-37,40H,11-12,15,17-19H2,1-7H3,(H,38,39). The van der Waals surface area contributed by atoms with Crippen LogP contribution < -0.4 is 5.48 Å². The van der Waals surface area contributed by atoms with Gasteiger partial charge in [0.05, 0.1) is 59.1 Å². The first-order valence-electron chi connectivity index (χ1n) is 15.5. The Balaban J connectivity index is 1.53. The van der Waals surface area contributed by atoms with Crippen molar-refractivity contribution in [1.29, 1.82) is 0 Å². The van der Waals surface area contributed by atoms with E-state index in [4.69, 9.17) is 14.7 Å². The van der Waals surface area contributed by atoms with E-state index in [9.17, 15) is 19.8 Å². The number of carboxylic acid groups (broad SMARTS) is 1. The average molecular weight is 631 g/mol. The molecule has 1 aromatic heterocycles. The fraction of sp³-hybridized carbons (Fsp3) is 0.618. The van der Waals surface area contributed by atoms with Crippen molar-refractivity contribution in [3.63, 3.8) is 0 Å². The lowest BCUT2D eigenvalue weighted by Gasteiger charge is -2.34. The predicted molar refractivity (Wildman–Crippen MR) is 172 cm³/mol. The lowest BCUT2D eigenvalue weighted by Crippen LogP contribution is -2.45. The second-order valence-electron chi connectivity index (χ2n) is 13.1. The van der Waals surface area contributed by atoms with Gasteiger partial charge in [-0.05, 0) is 57.6 Å². The Morgan fingerprint density at radius 2 is 1.91 bits per heavy atom. The van der Waals surface area contributed by atoms with Crippen LogP contribution in [0.5, 0.6) is 0 Å². The van der Waals surface area contributed by atoms with Gasteiger partial charge in [-0.15, -0.1) is 11.3 Å². The van der Waals surface area contributed by atoms with Crippen molar-refractivity contribution in [3.8, 4) is 0 Å². The Morgan fingerprint density at radius 1 is 1.23 bits per heavy atom. The van der Waals surface area contributed by atoms with E-state index < -0.39 is 35.9 Å². The number of epoxide rings is 1. The summed E-state index contributed by atoms with van der Waals surface area (Å²) in [5.41, 5.74) is 4.81. The van der Waals surface area contributed by atoms with E-state index in [1.165, 1.54) is 13.8 Å². The molecule has 1 aliphatic rings.